The lowest BCUT2D eigenvalue weighted by atomic mass is 9.94. The van der Waals surface area contributed by atoms with Crippen LogP contribution < -0.4 is 0 Å². The van der Waals surface area contributed by atoms with Crippen molar-refractivity contribution in [3.63, 3.8) is 0 Å². The van der Waals surface area contributed by atoms with Gasteiger partial charge in [0.1, 0.15) is 0 Å². The highest BCUT2D eigenvalue weighted by Gasteiger charge is 2.21. The molecule has 96 valence electrons. The summed E-state index contributed by atoms with van der Waals surface area (Å²) in [5.41, 5.74) is 0. The van der Waals surface area contributed by atoms with Crippen molar-refractivity contribution in [1.82, 2.24) is 4.90 Å². The van der Waals surface area contributed by atoms with Crippen molar-refractivity contribution >= 4 is 27.3 Å². The van der Waals surface area contributed by atoms with Crippen LogP contribution in [0.3, 0.4) is 0 Å². The Morgan fingerprint density at radius 2 is 2.06 bits per heavy atom. The fourth-order valence-electron chi connectivity index (χ4n) is 2.60. The van der Waals surface area contributed by atoms with Crippen LogP contribution in [0.2, 0.25) is 0 Å². The van der Waals surface area contributed by atoms with Gasteiger partial charge in [0.15, 0.2) is 0 Å². The van der Waals surface area contributed by atoms with E-state index in [9.17, 15) is 5.11 Å². The van der Waals surface area contributed by atoms with E-state index < -0.39 is 0 Å². The van der Waals surface area contributed by atoms with Crippen LogP contribution in [0.1, 0.15) is 37.0 Å². The number of hydrogen-bond donors (Lipinski definition) is 1. The maximum Gasteiger partial charge on any atom is 0.0701 e. The Labute approximate surface area is 116 Å². The fraction of sp³-hybridized carbons (Fsp3) is 0.692. The third-order valence-corrected chi connectivity index (χ3v) is 5.07. The van der Waals surface area contributed by atoms with E-state index in [1.165, 1.54) is 40.8 Å². The van der Waals surface area contributed by atoms with Crippen molar-refractivity contribution in [3.8, 4) is 0 Å². The molecule has 1 N–H and O–H groups in total. The van der Waals surface area contributed by atoms with E-state index in [4.69, 9.17) is 0 Å². The third-order valence-electron chi connectivity index (χ3n) is 3.47. The first kappa shape index (κ1) is 13.5. The molecule has 2 nitrogen and oxygen atoms in total. The Morgan fingerprint density at radius 3 is 2.65 bits per heavy atom. The quantitative estimate of drug-likeness (QED) is 0.896. The summed E-state index contributed by atoms with van der Waals surface area (Å²) in [4.78, 5) is 3.84. The number of hydrogen-bond acceptors (Lipinski definition) is 3. The lowest BCUT2D eigenvalue weighted by molar-refractivity contribution is 0.118. The average Bonchev–Trinajstić information content (AvgIpc) is 2.75. The van der Waals surface area contributed by atoms with Crippen molar-refractivity contribution in [2.45, 2.75) is 44.7 Å². The van der Waals surface area contributed by atoms with E-state index in [0.29, 0.717) is 6.04 Å². The molecule has 0 bridgehead atoms. The zero-order valence-electron chi connectivity index (χ0n) is 10.1. The van der Waals surface area contributed by atoms with Gasteiger partial charge in [0.05, 0.1) is 10.4 Å². The summed E-state index contributed by atoms with van der Waals surface area (Å²) >= 11 is 5.31. The standard InChI is InChI=1S/C13H20BrNOS/c14-13-7-6-12(17-13)10-15(8-9-16)11-4-2-1-3-5-11/h6-7,11,16H,1-5,8-10H2. The minimum Gasteiger partial charge on any atom is -0.395 e. The van der Waals surface area contributed by atoms with Crippen LogP contribution >= 0.6 is 27.3 Å². The fourth-order valence-corrected chi connectivity index (χ4v) is 4.11. The zero-order chi connectivity index (χ0) is 12.1. The molecular formula is C13H20BrNOS. The minimum absolute atomic E-state index is 0.267. The summed E-state index contributed by atoms with van der Waals surface area (Å²) in [6.45, 7) is 2.06. The highest BCUT2D eigenvalue weighted by molar-refractivity contribution is 9.11. The lowest BCUT2D eigenvalue weighted by Crippen LogP contribution is -2.38. The molecule has 0 spiro atoms. The number of aliphatic hydroxyl groups is 1. The van der Waals surface area contributed by atoms with Crippen molar-refractivity contribution in [2.75, 3.05) is 13.2 Å². The molecule has 17 heavy (non-hydrogen) atoms. The molecule has 2 rings (SSSR count). The molecule has 4 heteroatoms. The largest absolute Gasteiger partial charge is 0.395 e. The number of rotatable bonds is 5. The molecule has 1 saturated carbocycles. The van der Waals surface area contributed by atoms with Gasteiger partial charge in [-0.3, -0.25) is 4.90 Å². The Bertz CT molecular complexity index is 336. The van der Waals surface area contributed by atoms with Crippen LogP contribution in [0, 0.1) is 0 Å². The summed E-state index contributed by atoms with van der Waals surface area (Å²) in [5.74, 6) is 0. The highest BCUT2D eigenvalue weighted by atomic mass is 79.9. The summed E-state index contributed by atoms with van der Waals surface area (Å²) in [7, 11) is 0. The lowest BCUT2D eigenvalue weighted by Gasteiger charge is -2.33. The normalized spacial score (nSPS) is 17.8. The Hall–Kier alpha value is 0.1000. The molecule has 1 aliphatic carbocycles. The molecule has 0 aromatic carbocycles. The molecule has 0 radical (unpaired) electrons. The van der Waals surface area contributed by atoms with Crippen molar-refractivity contribution in [1.29, 1.82) is 0 Å². The van der Waals surface area contributed by atoms with Gasteiger partial charge in [-0.15, -0.1) is 11.3 Å². The molecule has 0 saturated heterocycles. The molecule has 0 amide bonds. The molecule has 0 atom stereocenters. The number of thiophene rings is 1. The number of aliphatic hydroxyl groups excluding tert-OH is 1. The summed E-state index contributed by atoms with van der Waals surface area (Å²) in [6.07, 6.45) is 6.68. The molecule has 1 aromatic rings. The van der Waals surface area contributed by atoms with Crippen molar-refractivity contribution < 1.29 is 5.11 Å². The van der Waals surface area contributed by atoms with Crippen molar-refractivity contribution in [2.24, 2.45) is 0 Å². The summed E-state index contributed by atoms with van der Waals surface area (Å²) < 4.78 is 1.19. The Balaban J connectivity index is 1.95. The maximum absolute atomic E-state index is 9.20. The molecule has 0 aliphatic heterocycles. The predicted molar refractivity (Wildman–Crippen MR) is 76.4 cm³/mol. The van der Waals surface area contributed by atoms with Gasteiger partial charge >= 0.3 is 0 Å². The Kier molecular flexibility index (Phi) is 5.48. The first-order valence-corrected chi connectivity index (χ1v) is 7.99. The first-order chi connectivity index (χ1) is 8.29. The van der Waals surface area contributed by atoms with Crippen LogP contribution in [0.15, 0.2) is 15.9 Å². The van der Waals surface area contributed by atoms with Gasteiger partial charge in [-0.1, -0.05) is 19.3 Å². The second kappa shape index (κ2) is 6.88. The Morgan fingerprint density at radius 1 is 1.29 bits per heavy atom. The third kappa shape index (κ3) is 4.05. The zero-order valence-corrected chi connectivity index (χ0v) is 12.5. The minimum atomic E-state index is 0.267. The van der Waals surface area contributed by atoms with Gasteiger partial charge in [-0.2, -0.15) is 0 Å². The van der Waals surface area contributed by atoms with Crippen LogP contribution in [-0.2, 0) is 6.54 Å². The second-order valence-corrected chi connectivity index (χ2v) is 7.24. The van der Waals surface area contributed by atoms with E-state index in [1.807, 2.05) is 0 Å². The molecule has 1 heterocycles. The molecule has 0 unspecified atom stereocenters. The van der Waals surface area contributed by atoms with E-state index in [1.54, 1.807) is 11.3 Å². The number of halogens is 1. The van der Waals surface area contributed by atoms with E-state index >= 15 is 0 Å². The summed E-state index contributed by atoms with van der Waals surface area (Å²) in [5, 5.41) is 9.20. The van der Waals surface area contributed by atoms with Gasteiger partial charge in [0.25, 0.3) is 0 Å². The van der Waals surface area contributed by atoms with Gasteiger partial charge in [-0.05, 0) is 40.9 Å². The molecule has 1 fully saturated rings. The SMILES string of the molecule is OCCN(Cc1ccc(Br)s1)C1CCCCC1. The van der Waals surface area contributed by atoms with E-state index in [0.717, 1.165) is 13.1 Å². The monoisotopic (exact) mass is 317 g/mol. The average molecular weight is 318 g/mol. The van der Waals surface area contributed by atoms with Crippen LogP contribution in [0.25, 0.3) is 0 Å². The molecule has 1 aliphatic rings. The van der Waals surface area contributed by atoms with Gasteiger partial charge in [-0.25, -0.2) is 0 Å². The van der Waals surface area contributed by atoms with Crippen LogP contribution in [0.5, 0.6) is 0 Å². The van der Waals surface area contributed by atoms with Crippen LogP contribution in [0.4, 0.5) is 0 Å². The topological polar surface area (TPSA) is 23.5 Å². The highest BCUT2D eigenvalue weighted by Crippen LogP contribution is 2.27. The smallest absolute Gasteiger partial charge is 0.0701 e. The van der Waals surface area contributed by atoms with Crippen molar-refractivity contribution in [3.05, 3.63) is 20.8 Å². The van der Waals surface area contributed by atoms with Gasteiger partial charge in [0, 0.05) is 24.0 Å². The molecule has 1 aromatic heterocycles. The predicted octanol–water partition coefficient (Wildman–Crippen LogP) is 3.64. The number of nitrogens with zero attached hydrogens (tertiary/aromatic N) is 1. The molecular weight excluding hydrogens is 298 g/mol. The van der Waals surface area contributed by atoms with E-state index in [2.05, 4.69) is 33.0 Å². The van der Waals surface area contributed by atoms with Gasteiger partial charge < -0.3 is 5.11 Å². The first-order valence-electron chi connectivity index (χ1n) is 6.38. The van der Waals surface area contributed by atoms with E-state index in [-0.39, 0.29) is 6.61 Å². The maximum atomic E-state index is 9.20. The summed E-state index contributed by atoms with van der Waals surface area (Å²) in [6, 6.07) is 4.97. The van der Waals surface area contributed by atoms with Gasteiger partial charge in [0.2, 0.25) is 0 Å². The van der Waals surface area contributed by atoms with Crippen LogP contribution in [-0.4, -0.2) is 29.2 Å². The second-order valence-electron chi connectivity index (χ2n) is 4.69.